The summed E-state index contributed by atoms with van der Waals surface area (Å²) in [5.41, 5.74) is 0.517. The Morgan fingerprint density at radius 2 is 1.80 bits per heavy atom. The average molecular weight is 288 g/mol. The maximum atomic E-state index is 12.0. The van der Waals surface area contributed by atoms with Crippen molar-refractivity contribution in [3.8, 4) is 0 Å². The van der Waals surface area contributed by atoms with Crippen LogP contribution < -0.4 is 0 Å². The van der Waals surface area contributed by atoms with E-state index in [1.54, 1.807) is 19.1 Å². The second-order valence-electron chi connectivity index (χ2n) is 4.08. The topological polar surface area (TPSA) is 76.6 Å². The molecular formula is C13H8N2O4S. The molecule has 1 aliphatic rings. The number of carbonyl (C=O) groups excluding carboxylic acids is 3. The molecule has 0 radical (unpaired) electrons. The van der Waals surface area contributed by atoms with Crippen molar-refractivity contribution in [1.82, 2.24) is 10.0 Å². The maximum Gasteiger partial charge on any atom is 0.383 e. The zero-order valence-corrected chi connectivity index (χ0v) is 11.1. The summed E-state index contributed by atoms with van der Waals surface area (Å²) in [5, 5.41) is 2.68. The number of aryl methyl sites for hydroxylation is 1. The van der Waals surface area contributed by atoms with Gasteiger partial charge in [0.1, 0.15) is 0 Å². The summed E-state index contributed by atoms with van der Waals surface area (Å²) in [7, 11) is 0. The van der Waals surface area contributed by atoms with Crippen LogP contribution in [0.1, 0.15) is 36.2 Å². The number of thiazole rings is 1. The lowest BCUT2D eigenvalue weighted by Crippen LogP contribution is -2.32. The molecule has 1 aromatic carbocycles. The zero-order chi connectivity index (χ0) is 14.3. The van der Waals surface area contributed by atoms with E-state index in [0.29, 0.717) is 10.1 Å². The standard InChI is InChI=1S/C13H8N2O4S/c1-7-14-10(6-20-7)13(18)19-15-11(16)8-4-2-3-5-9(8)12(15)17/h2-6H,1H3. The summed E-state index contributed by atoms with van der Waals surface area (Å²) < 4.78 is 0. The van der Waals surface area contributed by atoms with Gasteiger partial charge in [0.15, 0.2) is 5.69 Å². The third-order valence-electron chi connectivity index (χ3n) is 2.76. The van der Waals surface area contributed by atoms with Crippen molar-refractivity contribution in [2.24, 2.45) is 0 Å². The Balaban J connectivity index is 1.85. The van der Waals surface area contributed by atoms with E-state index in [0.717, 1.165) is 0 Å². The molecule has 1 aliphatic heterocycles. The number of imide groups is 1. The van der Waals surface area contributed by atoms with E-state index >= 15 is 0 Å². The number of benzene rings is 1. The van der Waals surface area contributed by atoms with Crippen molar-refractivity contribution < 1.29 is 19.2 Å². The molecule has 0 fully saturated rings. The van der Waals surface area contributed by atoms with Crippen LogP contribution >= 0.6 is 11.3 Å². The molecule has 20 heavy (non-hydrogen) atoms. The summed E-state index contributed by atoms with van der Waals surface area (Å²) in [6, 6.07) is 6.30. The van der Waals surface area contributed by atoms with Gasteiger partial charge in [-0.15, -0.1) is 11.3 Å². The van der Waals surface area contributed by atoms with Crippen LogP contribution in [0.25, 0.3) is 0 Å². The summed E-state index contributed by atoms with van der Waals surface area (Å²) in [6.07, 6.45) is 0. The van der Waals surface area contributed by atoms with Crippen LogP contribution in [0.15, 0.2) is 29.6 Å². The number of aromatic nitrogens is 1. The third kappa shape index (κ3) is 1.88. The monoisotopic (exact) mass is 288 g/mol. The predicted molar refractivity (Wildman–Crippen MR) is 69.2 cm³/mol. The van der Waals surface area contributed by atoms with E-state index in [1.165, 1.54) is 28.8 Å². The number of hydroxylamine groups is 2. The first-order valence-corrected chi connectivity index (χ1v) is 6.58. The number of hydrogen-bond acceptors (Lipinski definition) is 6. The van der Waals surface area contributed by atoms with Crippen molar-refractivity contribution in [3.63, 3.8) is 0 Å². The van der Waals surface area contributed by atoms with Gasteiger partial charge in [-0.25, -0.2) is 9.78 Å². The Hall–Kier alpha value is -2.54. The molecule has 0 bridgehead atoms. The quantitative estimate of drug-likeness (QED) is 0.788. The molecule has 0 N–H and O–H groups in total. The maximum absolute atomic E-state index is 12.0. The molecule has 2 amide bonds. The smallest absolute Gasteiger partial charge is 0.322 e. The van der Waals surface area contributed by atoms with Crippen molar-refractivity contribution in [2.75, 3.05) is 0 Å². The highest BCUT2D eigenvalue weighted by atomic mass is 32.1. The van der Waals surface area contributed by atoms with Crippen LogP contribution in [-0.2, 0) is 4.84 Å². The van der Waals surface area contributed by atoms with Gasteiger partial charge in [0, 0.05) is 5.38 Å². The van der Waals surface area contributed by atoms with Gasteiger partial charge in [-0.05, 0) is 19.1 Å². The third-order valence-corrected chi connectivity index (χ3v) is 3.53. The minimum atomic E-state index is -0.830. The first-order chi connectivity index (χ1) is 9.58. The summed E-state index contributed by atoms with van der Waals surface area (Å²) >= 11 is 1.28. The molecule has 2 aromatic rings. The second kappa shape index (κ2) is 4.53. The second-order valence-corrected chi connectivity index (χ2v) is 5.14. The lowest BCUT2D eigenvalue weighted by atomic mass is 10.1. The highest BCUT2D eigenvalue weighted by molar-refractivity contribution is 7.09. The summed E-state index contributed by atoms with van der Waals surface area (Å²) in [6.45, 7) is 1.74. The molecule has 0 spiro atoms. The zero-order valence-electron chi connectivity index (χ0n) is 10.3. The lowest BCUT2D eigenvalue weighted by Gasteiger charge is -2.11. The fourth-order valence-electron chi connectivity index (χ4n) is 1.84. The van der Waals surface area contributed by atoms with Gasteiger partial charge in [-0.1, -0.05) is 17.2 Å². The van der Waals surface area contributed by atoms with Crippen LogP contribution in [0, 0.1) is 6.92 Å². The molecule has 0 saturated heterocycles. The van der Waals surface area contributed by atoms with Crippen molar-refractivity contribution >= 4 is 29.1 Å². The van der Waals surface area contributed by atoms with E-state index < -0.39 is 17.8 Å². The number of fused-ring (bicyclic) bond motifs is 1. The fraction of sp³-hybridized carbons (Fsp3) is 0.0769. The van der Waals surface area contributed by atoms with E-state index in [2.05, 4.69) is 4.98 Å². The molecule has 0 unspecified atom stereocenters. The highest BCUT2D eigenvalue weighted by Crippen LogP contribution is 2.23. The Labute approximate surface area is 117 Å². The molecule has 2 heterocycles. The van der Waals surface area contributed by atoms with Gasteiger partial charge in [0.25, 0.3) is 11.8 Å². The van der Waals surface area contributed by atoms with Gasteiger partial charge < -0.3 is 4.84 Å². The van der Waals surface area contributed by atoms with E-state index in [9.17, 15) is 14.4 Å². The van der Waals surface area contributed by atoms with Gasteiger partial charge in [-0.2, -0.15) is 0 Å². The number of hydrogen-bond donors (Lipinski definition) is 0. The number of rotatable bonds is 2. The van der Waals surface area contributed by atoms with Crippen LogP contribution in [0.3, 0.4) is 0 Å². The Kier molecular flexibility index (Phi) is 2.83. The number of carbonyl (C=O) groups is 3. The molecule has 0 atom stereocenters. The molecule has 1 aromatic heterocycles. The molecule has 100 valence electrons. The minimum absolute atomic E-state index is 0.0732. The van der Waals surface area contributed by atoms with Crippen LogP contribution in [0.5, 0.6) is 0 Å². The van der Waals surface area contributed by atoms with E-state index in [1.807, 2.05) is 0 Å². The molecule has 0 aliphatic carbocycles. The Bertz CT molecular complexity index is 702. The Morgan fingerprint density at radius 3 is 2.30 bits per heavy atom. The SMILES string of the molecule is Cc1nc(C(=O)ON2C(=O)c3ccccc3C2=O)cs1. The van der Waals surface area contributed by atoms with E-state index in [-0.39, 0.29) is 16.8 Å². The molecule has 0 saturated carbocycles. The molecular weight excluding hydrogens is 280 g/mol. The van der Waals surface area contributed by atoms with Crippen molar-refractivity contribution in [3.05, 3.63) is 51.5 Å². The van der Waals surface area contributed by atoms with Gasteiger partial charge >= 0.3 is 5.97 Å². The van der Waals surface area contributed by atoms with E-state index in [4.69, 9.17) is 4.84 Å². The van der Waals surface area contributed by atoms with Crippen molar-refractivity contribution in [2.45, 2.75) is 6.92 Å². The fourth-order valence-corrected chi connectivity index (χ4v) is 2.42. The number of nitrogens with zero attached hydrogens (tertiary/aromatic N) is 2. The predicted octanol–water partition coefficient (Wildman–Crippen LogP) is 1.82. The normalized spacial score (nSPS) is 13.6. The number of amides is 2. The summed E-state index contributed by atoms with van der Waals surface area (Å²) in [4.78, 5) is 44.6. The molecule has 6 nitrogen and oxygen atoms in total. The van der Waals surface area contributed by atoms with Gasteiger partial charge in [-0.3, -0.25) is 9.59 Å². The minimum Gasteiger partial charge on any atom is -0.322 e. The van der Waals surface area contributed by atoms with Gasteiger partial charge in [0.2, 0.25) is 0 Å². The molecule has 3 rings (SSSR count). The lowest BCUT2D eigenvalue weighted by molar-refractivity contribution is -0.0588. The molecule has 7 heteroatoms. The van der Waals surface area contributed by atoms with Crippen LogP contribution in [0.2, 0.25) is 0 Å². The first kappa shape index (κ1) is 12.5. The van der Waals surface area contributed by atoms with Crippen molar-refractivity contribution in [1.29, 1.82) is 0 Å². The summed E-state index contributed by atoms with van der Waals surface area (Å²) in [5.74, 6) is -2.12. The van der Waals surface area contributed by atoms with Crippen LogP contribution in [0.4, 0.5) is 0 Å². The average Bonchev–Trinajstić information content (AvgIpc) is 2.98. The van der Waals surface area contributed by atoms with Gasteiger partial charge in [0.05, 0.1) is 16.1 Å². The highest BCUT2D eigenvalue weighted by Gasteiger charge is 2.39. The largest absolute Gasteiger partial charge is 0.383 e. The first-order valence-electron chi connectivity index (χ1n) is 5.70. The Morgan fingerprint density at radius 1 is 1.20 bits per heavy atom. The van der Waals surface area contributed by atoms with Crippen LogP contribution in [-0.4, -0.2) is 27.8 Å².